The van der Waals surface area contributed by atoms with Crippen molar-refractivity contribution in [1.82, 2.24) is 0 Å². The summed E-state index contributed by atoms with van der Waals surface area (Å²) in [7, 11) is 1.68. The lowest BCUT2D eigenvalue weighted by Gasteiger charge is -2.01. The van der Waals surface area contributed by atoms with Crippen molar-refractivity contribution in [1.29, 1.82) is 0 Å². The van der Waals surface area contributed by atoms with Crippen molar-refractivity contribution in [3.05, 3.63) is 31.8 Å². The van der Waals surface area contributed by atoms with Crippen LogP contribution in [0.2, 0.25) is 0 Å². The van der Waals surface area contributed by atoms with E-state index in [0.29, 0.717) is 5.56 Å². The molecular weight excluding hydrogens is 390 g/mol. The quantitative estimate of drug-likeness (QED) is 0.570. The zero-order valence-electron chi connectivity index (χ0n) is 6.30. The van der Waals surface area contributed by atoms with Crippen LogP contribution in [0.4, 0.5) is 0 Å². The van der Waals surface area contributed by atoms with Gasteiger partial charge in [0.1, 0.15) is 0 Å². The second-order valence-electron chi connectivity index (χ2n) is 2.42. The first-order valence-corrected chi connectivity index (χ1v) is 7.60. The maximum absolute atomic E-state index is 10.8. The molecule has 1 aromatic rings. The second kappa shape index (κ2) is 4.46. The van der Waals surface area contributed by atoms with Gasteiger partial charge in [0.2, 0.25) is 9.05 Å². The van der Waals surface area contributed by atoms with Crippen LogP contribution in [0.15, 0.2) is 22.7 Å². The van der Waals surface area contributed by atoms with Crippen molar-refractivity contribution in [2.24, 2.45) is 0 Å². The van der Waals surface area contributed by atoms with Crippen LogP contribution in [0.25, 0.3) is 0 Å². The number of hydrogen-bond donors (Lipinski definition) is 0. The lowest BCUT2D eigenvalue weighted by molar-refractivity contribution is 0.609. The first-order chi connectivity index (χ1) is 5.88. The molecule has 6 heteroatoms. The molecule has 13 heavy (non-hydrogen) atoms. The van der Waals surface area contributed by atoms with Gasteiger partial charge in [-0.05, 0) is 46.4 Å². The third-order valence-electron chi connectivity index (χ3n) is 1.34. The molecule has 0 amide bonds. The van der Waals surface area contributed by atoms with Gasteiger partial charge in [-0.2, -0.15) is 0 Å². The van der Waals surface area contributed by atoms with Gasteiger partial charge in [0, 0.05) is 18.7 Å². The van der Waals surface area contributed by atoms with E-state index in [4.69, 9.17) is 10.7 Å². The smallest absolute Gasteiger partial charge is 0.212 e. The Balaban J connectivity index is 3.08. The van der Waals surface area contributed by atoms with Crippen molar-refractivity contribution in [2.75, 3.05) is 0 Å². The monoisotopic (exact) mass is 394 g/mol. The minimum Gasteiger partial charge on any atom is -0.212 e. The molecule has 0 saturated carbocycles. The Morgan fingerprint density at radius 2 is 2.08 bits per heavy atom. The van der Waals surface area contributed by atoms with E-state index >= 15 is 0 Å². The molecule has 0 heterocycles. The highest BCUT2D eigenvalue weighted by Gasteiger charge is 2.10. The Morgan fingerprint density at radius 3 is 2.62 bits per heavy atom. The van der Waals surface area contributed by atoms with E-state index in [2.05, 4.69) is 38.5 Å². The molecule has 0 bridgehead atoms. The highest BCUT2D eigenvalue weighted by atomic mass is 127. The van der Waals surface area contributed by atoms with Crippen LogP contribution in [-0.4, -0.2) is 8.42 Å². The molecular formula is C7H5BrClIO2S. The summed E-state index contributed by atoms with van der Waals surface area (Å²) in [5, 5.41) is 0. The van der Waals surface area contributed by atoms with E-state index in [1.165, 1.54) is 0 Å². The summed E-state index contributed by atoms with van der Waals surface area (Å²) in [5.41, 5.74) is 0.713. The van der Waals surface area contributed by atoms with Crippen LogP contribution < -0.4 is 0 Å². The van der Waals surface area contributed by atoms with Gasteiger partial charge in [-0.1, -0.05) is 15.9 Å². The van der Waals surface area contributed by atoms with E-state index in [-0.39, 0.29) is 5.75 Å². The summed E-state index contributed by atoms with van der Waals surface area (Å²) in [4.78, 5) is 0. The van der Waals surface area contributed by atoms with Gasteiger partial charge in [-0.15, -0.1) is 0 Å². The van der Waals surface area contributed by atoms with E-state index in [1.807, 2.05) is 12.1 Å². The average molecular weight is 395 g/mol. The average Bonchev–Trinajstić information content (AvgIpc) is 1.94. The molecule has 0 radical (unpaired) electrons. The number of hydrogen-bond acceptors (Lipinski definition) is 2. The van der Waals surface area contributed by atoms with Gasteiger partial charge >= 0.3 is 0 Å². The molecule has 1 rings (SSSR count). The highest BCUT2D eigenvalue weighted by Crippen LogP contribution is 2.21. The molecule has 0 aliphatic rings. The highest BCUT2D eigenvalue weighted by molar-refractivity contribution is 14.1. The summed E-state index contributed by atoms with van der Waals surface area (Å²) < 4.78 is 23.4. The van der Waals surface area contributed by atoms with Gasteiger partial charge in [-0.3, -0.25) is 0 Å². The fourth-order valence-corrected chi connectivity index (χ4v) is 3.00. The maximum Gasteiger partial charge on any atom is 0.236 e. The van der Waals surface area contributed by atoms with Gasteiger partial charge in [0.15, 0.2) is 0 Å². The lowest BCUT2D eigenvalue weighted by atomic mass is 10.2. The van der Waals surface area contributed by atoms with E-state index in [9.17, 15) is 8.42 Å². The Hall–Kier alpha value is 0.670. The molecule has 0 unspecified atom stereocenters. The maximum atomic E-state index is 10.8. The first-order valence-electron chi connectivity index (χ1n) is 3.25. The summed E-state index contributed by atoms with van der Waals surface area (Å²) in [6, 6.07) is 5.44. The van der Waals surface area contributed by atoms with Crippen molar-refractivity contribution in [3.8, 4) is 0 Å². The molecule has 0 spiro atoms. The third-order valence-corrected chi connectivity index (χ3v) is 3.86. The van der Waals surface area contributed by atoms with Crippen LogP contribution in [-0.2, 0) is 14.8 Å². The minimum atomic E-state index is -3.47. The Morgan fingerprint density at radius 1 is 1.46 bits per heavy atom. The molecule has 0 atom stereocenters. The molecule has 0 aromatic heterocycles. The summed E-state index contributed by atoms with van der Waals surface area (Å²) in [6.07, 6.45) is 0. The number of halogens is 3. The topological polar surface area (TPSA) is 34.1 Å². The van der Waals surface area contributed by atoms with Crippen molar-refractivity contribution >= 4 is 58.3 Å². The zero-order chi connectivity index (χ0) is 10.1. The van der Waals surface area contributed by atoms with Crippen molar-refractivity contribution in [3.63, 3.8) is 0 Å². The predicted octanol–water partition coefficient (Wildman–Crippen LogP) is 3.12. The largest absolute Gasteiger partial charge is 0.236 e. The standard InChI is InChI=1S/C7H5BrClIO2S/c8-6-1-2-7(10)5(3-6)4-13(9,11)12/h1-3H,4H2. The first kappa shape index (κ1) is 11.7. The van der Waals surface area contributed by atoms with Crippen LogP contribution >= 0.6 is 49.2 Å². The minimum absolute atomic E-state index is 0.133. The predicted molar refractivity (Wildman–Crippen MR) is 65.3 cm³/mol. The van der Waals surface area contributed by atoms with Crippen LogP contribution in [0, 0.1) is 3.57 Å². The van der Waals surface area contributed by atoms with Gasteiger partial charge in [0.25, 0.3) is 0 Å². The Kier molecular flexibility index (Phi) is 4.03. The normalized spacial score (nSPS) is 11.6. The fourth-order valence-electron chi connectivity index (χ4n) is 0.840. The third kappa shape index (κ3) is 4.14. The summed E-state index contributed by atoms with van der Waals surface area (Å²) in [5.74, 6) is -0.133. The van der Waals surface area contributed by atoms with Gasteiger partial charge < -0.3 is 0 Å². The molecule has 72 valence electrons. The van der Waals surface area contributed by atoms with Gasteiger partial charge in [0.05, 0.1) is 5.75 Å². The number of rotatable bonds is 2. The number of benzene rings is 1. The van der Waals surface area contributed by atoms with Crippen LogP contribution in [0.5, 0.6) is 0 Å². The van der Waals surface area contributed by atoms with Crippen molar-refractivity contribution < 1.29 is 8.42 Å². The summed E-state index contributed by atoms with van der Waals surface area (Å²) >= 11 is 5.34. The molecule has 0 N–H and O–H groups in total. The van der Waals surface area contributed by atoms with Gasteiger partial charge in [-0.25, -0.2) is 8.42 Å². The van der Waals surface area contributed by atoms with E-state index < -0.39 is 9.05 Å². The van der Waals surface area contributed by atoms with E-state index in [0.717, 1.165) is 8.04 Å². The summed E-state index contributed by atoms with van der Waals surface area (Å²) in [6.45, 7) is 0. The molecule has 0 aliphatic heterocycles. The zero-order valence-corrected chi connectivity index (χ0v) is 11.6. The lowest BCUT2D eigenvalue weighted by Crippen LogP contribution is -1.97. The van der Waals surface area contributed by atoms with Crippen molar-refractivity contribution in [2.45, 2.75) is 5.75 Å². The van der Waals surface area contributed by atoms with Crippen LogP contribution in [0.1, 0.15) is 5.56 Å². The van der Waals surface area contributed by atoms with E-state index in [1.54, 1.807) is 6.07 Å². The molecule has 0 fully saturated rings. The Bertz CT molecular complexity index is 419. The molecule has 1 aromatic carbocycles. The Labute approximate surface area is 103 Å². The molecule has 0 aliphatic carbocycles. The molecule has 0 saturated heterocycles. The van der Waals surface area contributed by atoms with Crippen LogP contribution in [0.3, 0.4) is 0 Å². The second-order valence-corrected chi connectivity index (χ2v) is 7.27. The molecule has 2 nitrogen and oxygen atoms in total. The fraction of sp³-hybridized carbons (Fsp3) is 0.143. The SMILES string of the molecule is O=S(=O)(Cl)Cc1cc(Br)ccc1I.